The van der Waals surface area contributed by atoms with Gasteiger partial charge in [0.15, 0.2) is 0 Å². The zero-order valence-electron chi connectivity index (χ0n) is 9.99. The Morgan fingerprint density at radius 1 is 1.61 bits per heavy atom. The average molecular weight is 243 g/mol. The minimum absolute atomic E-state index is 0.123. The molecule has 0 aliphatic rings. The van der Waals surface area contributed by atoms with Crippen LogP contribution in [-0.2, 0) is 4.79 Å². The fraction of sp³-hybridized carbons (Fsp3) is 0.231. The lowest BCUT2D eigenvalue weighted by Crippen LogP contribution is -2.30. The van der Waals surface area contributed by atoms with E-state index in [1.165, 1.54) is 0 Å². The van der Waals surface area contributed by atoms with Crippen LogP contribution in [0.15, 0.2) is 22.7 Å². The van der Waals surface area contributed by atoms with E-state index >= 15 is 0 Å². The van der Waals surface area contributed by atoms with Crippen molar-refractivity contribution < 1.29 is 9.21 Å². The maximum atomic E-state index is 11.4. The summed E-state index contributed by atoms with van der Waals surface area (Å²) in [5.74, 6) is 3.59. The molecule has 0 saturated carbocycles. The molecule has 0 atom stereocenters. The van der Waals surface area contributed by atoms with Crippen molar-refractivity contribution in [2.45, 2.75) is 6.92 Å². The monoisotopic (exact) mass is 243 g/mol. The quantitative estimate of drug-likeness (QED) is 0.794. The van der Waals surface area contributed by atoms with Gasteiger partial charge in [0.2, 0.25) is 5.91 Å². The molecule has 0 unspecified atom stereocenters. The van der Waals surface area contributed by atoms with Crippen LogP contribution in [0.1, 0.15) is 5.76 Å². The molecule has 92 valence electrons. The predicted molar refractivity (Wildman–Crippen MR) is 69.1 cm³/mol. The molecule has 0 saturated heterocycles. The summed E-state index contributed by atoms with van der Waals surface area (Å²) in [6.45, 7) is 2.21. The molecular formula is C13H13N3O2. The topological polar surface area (TPSA) is 67.2 Å². The van der Waals surface area contributed by atoms with E-state index in [9.17, 15) is 4.79 Å². The molecule has 0 aromatic carbocycles. The number of carbonyl (C=O) groups is 1. The molecule has 0 aliphatic carbocycles. The van der Waals surface area contributed by atoms with Crippen LogP contribution in [0, 0.1) is 19.3 Å². The van der Waals surface area contributed by atoms with E-state index in [-0.39, 0.29) is 19.0 Å². The van der Waals surface area contributed by atoms with Gasteiger partial charge < -0.3 is 15.1 Å². The Kier molecular flexibility index (Phi) is 3.49. The molecule has 2 aromatic heterocycles. The van der Waals surface area contributed by atoms with Crippen molar-refractivity contribution in [3.63, 3.8) is 0 Å². The Labute approximate surface area is 105 Å². The number of furan rings is 1. The van der Waals surface area contributed by atoms with E-state index in [1.54, 1.807) is 12.3 Å². The first kappa shape index (κ1) is 12.0. The molecule has 2 aromatic rings. The molecule has 2 rings (SSSR count). The van der Waals surface area contributed by atoms with Gasteiger partial charge in [0.05, 0.1) is 18.5 Å². The van der Waals surface area contributed by atoms with Gasteiger partial charge in [-0.05, 0) is 19.1 Å². The number of nitrogens with one attached hydrogen (secondary N) is 2. The van der Waals surface area contributed by atoms with Crippen molar-refractivity contribution in [3.8, 4) is 12.3 Å². The maximum absolute atomic E-state index is 11.4. The molecule has 0 bridgehead atoms. The molecule has 0 aliphatic heterocycles. The third-order valence-electron chi connectivity index (χ3n) is 2.37. The first-order valence-electron chi connectivity index (χ1n) is 5.50. The number of amides is 1. The minimum Gasteiger partial charge on any atom is -0.461 e. The highest BCUT2D eigenvalue weighted by molar-refractivity contribution is 5.90. The van der Waals surface area contributed by atoms with Crippen molar-refractivity contribution in [2.75, 3.05) is 18.4 Å². The number of hydrogen-bond acceptors (Lipinski definition) is 4. The van der Waals surface area contributed by atoms with Gasteiger partial charge in [-0.3, -0.25) is 4.79 Å². The highest BCUT2D eigenvalue weighted by atomic mass is 16.3. The van der Waals surface area contributed by atoms with Crippen LogP contribution in [0.5, 0.6) is 0 Å². The molecule has 0 spiro atoms. The van der Waals surface area contributed by atoms with Crippen molar-refractivity contribution in [2.24, 2.45) is 0 Å². The number of hydrogen-bond donors (Lipinski definition) is 2. The van der Waals surface area contributed by atoms with Gasteiger partial charge >= 0.3 is 0 Å². The van der Waals surface area contributed by atoms with Crippen molar-refractivity contribution in [1.29, 1.82) is 0 Å². The normalized spacial score (nSPS) is 10.0. The number of rotatable bonds is 4. The highest BCUT2D eigenvalue weighted by Crippen LogP contribution is 2.24. The smallest absolute Gasteiger partial charge is 0.240 e. The third-order valence-corrected chi connectivity index (χ3v) is 2.37. The zero-order chi connectivity index (χ0) is 13.0. The predicted octanol–water partition coefficient (Wildman–Crippen LogP) is 1.30. The molecule has 2 N–H and O–H groups in total. The lowest BCUT2D eigenvalue weighted by Gasteiger charge is -2.05. The number of carbonyl (C=O) groups excluding carboxylic acids is 1. The molecule has 0 radical (unpaired) electrons. The summed E-state index contributed by atoms with van der Waals surface area (Å²) in [4.78, 5) is 15.6. The Bertz CT molecular complexity index is 610. The molecule has 18 heavy (non-hydrogen) atoms. The highest BCUT2D eigenvalue weighted by Gasteiger charge is 2.07. The summed E-state index contributed by atoms with van der Waals surface area (Å²) < 4.78 is 5.47. The number of anilines is 1. The minimum atomic E-state index is -0.174. The number of pyridine rings is 1. The number of nitrogens with zero attached hydrogens (tertiary/aromatic N) is 1. The van der Waals surface area contributed by atoms with Crippen LogP contribution >= 0.6 is 0 Å². The van der Waals surface area contributed by atoms with Gasteiger partial charge in [0.1, 0.15) is 17.2 Å². The van der Waals surface area contributed by atoms with Crippen LogP contribution in [0.3, 0.4) is 0 Å². The van der Waals surface area contributed by atoms with Gasteiger partial charge in [-0.15, -0.1) is 6.42 Å². The second kappa shape index (κ2) is 5.23. The molecule has 0 fully saturated rings. The van der Waals surface area contributed by atoms with Gasteiger partial charge in [0, 0.05) is 6.20 Å². The van der Waals surface area contributed by atoms with Crippen LogP contribution in [0.25, 0.3) is 11.0 Å². The summed E-state index contributed by atoms with van der Waals surface area (Å²) in [6, 6.07) is 3.66. The summed E-state index contributed by atoms with van der Waals surface area (Å²) in [5, 5.41) is 6.39. The van der Waals surface area contributed by atoms with E-state index < -0.39 is 0 Å². The Morgan fingerprint density at radius 3 is 3.22 bits per heavy atom. The molecule has 5 nitrogen and oxygen atoms in total. The number of fused-ring (bicyclic) bond motifs is 1. The Hall–Kier alpha value is -2.48. The molecule has 5 heteroatoms. The Balaban J connectivity index is 2.08. The third kappa shape index (κ3) is 2.61. The summed E-state index contributed by atoms with van der Waals surface area (Å²) in [7, 11) is 0. The van der Waals surface area contributed by atoms with Gasteiger partial charge in [-0.25, -0.2) is 4.98 Å². The summed E-state index contributed by atoms with van der Waals surface area (Å²) in [6.07, 6.45) is 6.68. The zero-order valence-corrected chi connectivity index (χ0v) is 9.99. The van der Waals surface area contributed by atoms with Gasteiger partial charge in [-0.2, -0.15) is 0 Å². The van der Waals surface area contributed by atoms with Crippen LogP contribution in [0.4, 0.5) is 5.82 Å². The maximum Gasteiger partial charge on any atom is 0.240 e. The second-order valence-electron chi connectivity index (χ2n) is 3.76. The second-order valence-corrected chi connectivity index (χ2v) is 3.76. The van der Waals surface area contributed by atoms with Gasteiger partial charge in [-0.1, -0.05) is 5.92 Å². The fourth-order valence-electron chi connectivity index (χ4n) is 1.61. The van der Waals surface area contributed by atoms with Crippen molar-refractivity contribution in [1.82, 2.24) is 10.3 Å². The largest absolute Gasteiger partial charge is 0.461 e. The van der Waals surface area contributed by atoms with E-state index in [4.69, 9.17) is 10.8 Å². The van der Waals surface area contributed by atoms with E-state index in [0.717, 1.165) is 16.7 Å². The SMILES string of the molecule is C#CCNC(=O)CNc1nccc2oc(C)cc12. The molecule has 2 heterocycles. The molecular weight excluding hydrogens is 230 g/mol. The number of aromatic nitrogens is 1. The number of terminal acetylenes is 1. The lowest BCUT2D eigenvalue weighted by atomic mass is 10.3. The van der Waals surface area contributed by atoms with Crippen LogP contribution in [-0.4, -0.2) is 24.0 Å². The summed E-state index contributed by atoms with van der Waals surface area (Å²) >= 11 is 0. The van der Waals surface area contributed by atoms with Crippen molar-refractivity contribution >= 4 is 22.7 Å². The van der Waals surface area contributed by atoms with E-state index in [1.807, 2.05) is 13.0 Å². The Morgan fingerprint density at radius 2 is 2.44 bits per heavy atom. The summed E-state index contributed by atoms with van der Waals surface area (Å²) in [5.41, 5.74) is 0.744. The molecule has 1 amide bonds. The van der Waals surface area contributed by atoms with Crippen LogP contribution < -0.4 is 10.6 Å². The van der Waals surface area contributed by atoms with Crippen LogP contribution in [0.2, 0.25) is 0 Å². The van der Waals surface area contributed by atoms with E-state index in [0.29, 0.717) is 5.82 Å². The lowest BCUT2D eigenvalue weighted by molar-refractivity contribution is -0.119. The first-order chi connectivity index (χ1) is 8.70. The number of aryl methyl sites for hydroxylation is 1. The van der Waals surface area contributed by atoms with Crippen molar-refractivity contribution in [3.05, 3.63) is 24.1 Å². The average Bonchev–Trinajstić information content (AvgIpc) is 2.74. The standard InChI is InChI=1S/C13H13N3O2/c1-3-5-14-12(17)8-16-13-10-7-9(2)18-11(10)4-6-15-13/h1,4,6-7H,5,8H2,2H3,(H,14,17)(H,15,16). The fourth-order valence-corrected chi connectivity index (χ4v) is 1.61. The van der Waals surface area contributed by atoms with Gasteiger partial charge in [0.25, 0.3) is 0 Å². The first-order valence-corrected chi connectivity index (χ1v) is 5.50. The van der Waals surface area contributed by atoms with E-state index in [2.05, 4.69) is 21.5 Å².